The van der Waals surface area contributed by atoms with E-state index < -0.39 is 0 Å². The van der Waals surface area contributed by atoms with Crippen LogP contribution in [-0.2, 0) is 9.53 Å². The summed E-state index contributed by atoms with van der Waals surface area (Å²) in [4.78, 5) is 20.7. The third-order valence-electron chi connectivity index (χ3n) is 5.29. The summed E-state index contributed by atoms with van der Waals surface area (Å²) in [7, 11) is 0. The fourth-order valence-corrected chi connectivity index (χ4v) is 5.17. The smallest absolute Gasteiger partial charge is 0.251 e. The van der Waals surface area contributed by atoms with Crippen molar-refractivity contribution in [3.05, 3.63) is 38.6 Å². The van der Waals surface area contributed by atoms with Gasteiger partial charge in [0.05, 0.1) is 10.7 Å². The highest BCUT2D eigenvalue weighted by molar-refractivity contribution is 9.10. The summed E-state index contributed by atoms with van der Waals surface area (Å²) in [6.45, 7) is 4.50. The van der Waals surface area contributed by atoms with Crippen LogP contribution in [-0.4, -0.2) is 41.6 Å². The zero-order valence-corrected chi connectivity index (χ0v) is 17.3. The van der Waals surface area contributed by atoms with Gasteiger partial charge in [-0.25, -0.2) is 4.98 Å². The first-order valence-electron chi connectivity index (χ1n) is 9.25. The first-order valence-corrected chi connectivity index (χ1v) is 10.9. The van der Waals surface area contributed by atoms with Crippen molar-refractivity contribution < 1.29 is 9.53 Å². The second-order valence-corrected chi connectivity index (χ2v) is 9.22. The van der Waals surface area contributed by atoms with Crippen LogP contribution in [0.1, 0.15) is 41.5 Å². The van der Waals surface area contributed by atoms with E-state index in [0.717, 1.165) is 55.5 Å². The standard InChI is InChI=1S/C20H23BrN2O2S/c1-13-18(14-4-6-16(21)7-5-14)22-19(26-13)15-8-10-23(11-9-15)20(24)17-3-2-12-25-17/h4-7,15,17H,2-3,8-12H2,1H3. The number of benzene rings is 1. The van der Waals surface area contributed by atoms with E-state index in [-0.39, 0.29) is 12.0 Å². The Bertz CT molecular complexity index is 776. The summed E-state index contributed by atoms with van der Waals surface area (Å²) in [5.41, 5.74) is 2.26. The Kier molecular flexibility index (Phi) is 5.43. The topological polar surface area (TPSA) is 42.4 Å². The summed E-state index contributed by atoms with van der Waals surface area (Å²) < 4.78 is 6.63. The van der Waals surface area contributed by atoms with Crippen molar-refractivity contribution in [2.75, 3.05) is 19.7 Å². The van der Waals surface area contributed by atoms with Crippen molar-refractivity contribution >= 4 is 33.2 Å². The SMILES string of the molecule is Cc1sc(C2CCN(C(=O)C3CCCO3)CC2)nc1-c1ccc(Br)cc1. The Labute approximate surface area is 166 Å². The fraction of sp³-hybridized carbons (Fsp3) is 0.500. The van der Waals surface area contributed by atoms with Crippen molar-refractivity contribution in [3.63, 3.8) is 0 Å². The van der Waals surface area contributed by atoms with Crippen LogP contribution in [0.3, 0.4) is 0 Å². The van der Waals surface area contributed by atoms with Crippen LogP contribution in [0, 0.1) is 6.92 Å². The molecule has 0 bridgehead atoms. The van der Waals surface area contributed by atoms with Crippen molar-refractivity contribution in [1.82, 2.24) is 9.88 Å². The summed E-state index contributed by atoms with van der Waals surface area (Å²) in [5.74, 6) is 0.642. The van der Waals surface area contributed by atoms with Crippen LogP contribution in [0.2, 0.25) is 0 Å². The molecule has 0 N–H and O–H groups in total. The Morgan fingerprint density at radius 3 is 2.62 bits per heavy atom. The van der Waals surface area contributed by atoms with Gasteiger partial charge in [0, 0.05) is 40.5 Å². The molecule has 2 saturated heterocycles. The first-order chi connectivity index (χ1) is 12.6. The molecule has 1 amide bonds. The highest BCUT2D eigenvalue weighted by atomic mass is 79.9. The number of halogens is 1. The van der Waals surface area contributed by atoms with Crippen LogP contribution >= 0.6 is 27.3 Å². The summed E-state index contributed by atoms with van der Waals surface area (Å²) in [5, 5.41) is 1.21. The zero-order valence-electron chi connectivity index (χ0n) is 14.9. The molecule has 4 rings (SSSR count). The van der Waals surface area contributed by atoms with E-state index in [0.29, 0.717) is 5.92 Å². The molecule has 1 aromatic carbocycles. The van der Waals surface area contributed by atoms with Crippen molar-refractivity contribution in [1.29, 1.82) is 0 Å². The average molecular weight is 435 g/mol. The maximum Gasteiger partial charge on any atom is 0.251 e. The van der Waals surface area contributed by atoms with E-state index in [1.807, 2.05) is 4.90 Å². The van der Waals surface area contributed by atoms with E-state index in [1.165, 1.54) is 15.4 Å². The van der Waals surface area contributed by atoms with Gasteiger partial charge in [-0.15, -0.1) is 11.3 Å². The van der Waals surface area contributed by atoms with Gasteiger partial charge in [-0.05, 0) is 44.7 Å². The minimum absolute atomic E-state index is 0.187. The molecule has 6 heteroatoms. The molecular weight excluding hydrogens is 412 g/mol. The Morgan fingerprint density at radius 2 is 1.96 bits per heavy atom. The lowest BCUT2D eigenvalue weighted by Gasteiger charge is -2.32. The maximum absolute atomic E-state index is 12.5. The van der Waals surface area contributed by atoms with E-state index in [1.54, 1.807) is 11.3 Å². The molecule has 138 valence electrons. The highest BCUT2D eigenvalue weighted by Gasteiger charge is 2.32. The van der Waals surface area contributed by atoms with Crippen molar-refractivity contribution in [2.24, 2.45) is 0 Å². The van der Waals surface area contributed by atoms with Crippen LogP contribution in [0.15, 0.2) is 28.7 Å². The summed E-state index contributed by atoms with van der Waals surface area (Å²) in [6, 6.07) is 8.34. The van der Waals surface area contributed by atoms with Gasteiger partial charge in [-0.1, -0.05) is 28.1 Å². The number of piperidine rings is 1. The predicted octanol–water partition coefficient (Wildman–Crippen LogP) is 4.77. The third-order valence-corrected chi connectivity index (χ3v) is 6.95. The molecule has 0 aliphatic carbocycles. The second-order valence-electron chi connectivity index (χ2n) is 7.07. The largest absolute Gasteiger partial charge is 0.368 e. The van der Waals surface area contributed by atoms with Gasteiger partial charge in [0.15, 0.2) is 0 Å². The molecule has 3 heterocycles. The van der Waals surface area contributed by atoms with Gasteiger partial charge in [0.1, 0.15) is 6.10 Å². The number of hydrogen-bond acceptors (Lipinski definition) is 4. The highest BCUT2D eigenvalue weighted by Crippen LogP contribution is 2.36. The van der Waals surface area contributed by atoms with E-state index in [4.69, 9.17) is 9.72 Å². The van der Waals surface area contributed by atoms with Crippen LogP contribution in [0.5, 0.6) is 0 Å². The van der Waals surface area contributed by atoms with E-state index in [9.17, 15) is 4.79 Å². The van der Waals surface area contributed by atoms with E-state index in [2.05, 4.69) is 47.1 Å². The molecule has 1 unspecified atom stereocenters. The minimum Gasteiger partial charge on any atom is -0.368 e. The Morgan fingerprint density at radius 1 is 1.23 bits per heavy atom. The summed E-state index contributed by atoms with van der Waals surface area (Å²) >= 11 is 5.29. The number of carbonyl (C=O) groups is 1. The average Bonchev–Trinajstić information content (AvgIpc) is 3.32. The molecule has 2 aromatic rings. The van der Waals surface area contributed by atoms with Crippen LogP contribution < -0.4 is 0 Å². The molecule has 1 atom stereocenters. The molecule has 0 spiro atoms. The molecule has 0 saturated carbocycles. The zero-order chi connectivity index (χ0) is 18.1. The van der Waals surface area contributed by atoms with Crippen molar-refractivity contribution in [3.8, 4) is 11.3 Å². The number of aryl methyl sites for hydroxylation is 1. The molecule has 0 radical (unpaired) electrons. The number of rotatable bonds is 3. The number of likely N-dealkylation sites (tertiary alicyclic amines) is 1. The molecular formula is C20H23BrN2O2S. The number of amides is 1. The predicted molar refractivity (Wildman–Crippen MR) is 108 cm³/mol. The third kappa shape index (κ3) is 3.73. The number of hydrogen-bond donors (Lipinski definition) is 0. The van der Waals surface area contributed by atoms with Crippen LogP contribution in [0.4, 0.5) is 0 Å². The molecule has 2 aliphatic rings. The van der Waals surface area contributed by atoms with Gasteiger partial charge < -0.3 is 9.64 Å². The van der Waals surface area contributed by atoms with Crippen LogP contribution in [0.25, 0.3) is 11.3 Å². The van der Waals surface area contributed by atoms with Gasteiger partial charge >= 0.3 is 0 Å². The minimum atomic E-state index is -0.197. The quantitative estimate of drug-likeness (QED) is 0.698. The molecule has 1 aromatic heterocycles. The number of thiazole rings is 1. The fourth-order valence-electron chi connectivity index (χ4n) is 3.79. The molecule has 26 heavy (non-hydrogen) atoms. The van der Waals surface area contributed by atoms with Gasteiger partial charge in [0.2, 0.25) is 0 Å². The number of ether oxygens (including phenoxy) is 1. The monoisotopic (exact) mass is 434 g/mol. The lowest BCUT2D eigenvalue weighted by Crippen LogP contribution is -2.43. The first kappa shape index (κ1) is 18.1. The molecule has 2 aliphatic heterocycles. The lowest BCUT2D eigenvalue weighted by molar-refractivity contribution is -0.142. The number of nitrogens with zero attached hydrogens (tertiary/aromatic N) is 2. The van der Waals surface area contributed by atoms with Gasteiger partial charge in [-0.2, -0.15) is 0 Å². The summed E-state index contributed by atoms with van der Waals surface area (Å²) in [6.07, 6.45) is 3.67. The second kappa shape index (κ2) is 7.79. The maximum atomic E-state index is 12.5. The lowest BCUT2D eigenvalue weighted by atomic mass is 9.97. The Balaban J connectivity index is 1.42. The number of carbonyl (C=O) groups excluding carboxylic acids is 1. The van der Waals surface area contributed by atoms with Gasteiger partial charge in [0.25, 0.3) is 5.91 Å². The molecule has 2 fully saturated rings. The Hall–Kier alpha value is -1.24. The molecule has 4 nitrogen and oxygen atoms in total. The number of aromatic nitrogens is 1. The van der Waals surface area contributed by atoms with Crippen molar-refractivity contribution in [2.45, 2.75) is 44.6 Å². The normalized spacial score (nSPS) is 21.3. The van der Waals surface area contributed by atoms with E-state index >= 15 is 0 Å². The van der Waals surface area contributed by atoms with Gasteiger partial charge in [-0.3, -0.25) is 4.79 Å².